The maximum atomic E-state index is 12.6. The lowest BCUT2D eigenvalue weighted by Gasteiger charge is -2.41. The number of carbonyl (C=O) groups excluding carboxylic acids is 2. The molecule has 136 valence electrons. The van der Waals surface area contributed by atoms with E-state index in [1.54, 1.807) is 32.3 Å². The summed E-state index contributed by atoms with van der Waals surface area (Å²) in [4.78, 5) is 37.5. The summed E-state index contributed by atoms with van der Waals surface area (Å²) in [5.74, 6) is -1.25. The van der Waals surface area contributed by atoms with Crippen LogP contribution in [0, 0.1) is 0 Å². The Kier molecular flexibility index (Phi) is 6.17. The van der Waals surface area contributed by atoms with Crippen LogP contribution in [0.25, 0.3) is 0 Å². The first-order chi connectivity index (χ1) is 11.9. The highest BCUT2D eigenvalue weighted by Crippen LogP contribution is 2.33. The second kappa shape index (κ2) is 8.14. The Hall–Kier alpha value is -2.37. The van der Waals surface area contributed by atoms with Gasteiger partial charge in [-0.1, -0.05) is 31.4 Å². The number of likely N-dealkylation sites (N-methyl/N-ethyl adjacent to an activating group) is 1. The Morgan fingerprint density at radius 2 is 1.88 bits per heavy atom. The van der Waals surface area contributed by atoms with Gasteiger partial charge < -0.3 is 15.3 Å². The first-order valence-corrected chi connectivity index (χ1v) is 8.72. The Labute approximate surface area is 148 Å². The van der Waals surface area contributed by atoms with Crippen molar-refractivity contribution in [2.75, 3.05) is 14.1 Å². The third kappa shape index (κ3) is 4.18. The summed E-state index contributed by atoms with van der Waals surface area (Å²) in [7, 11) is 3.17. The van der Waals surface area contributed by atoms with E-state index in [1.165, 1.54) is 4.90 Å². The molecule has 1 aliphatic carbocycles. The number of carboxylic acid groups (broad SMARTS) is 1. The summed E-state index contributed by atoms with van der Waals surface area (Å²) < 4.78 is 0. The smallest absolute Gasteiger partial charge is 0.329 e. The maximum Gasteiger partial charge on any atom is 0.329 e. The number of nitrogens with one attached hydrogen (secondary N) is 1. The van der Waals surface area contributed by atoms with Gasteiger partial charge in [-0.15, -0.1) is 0 Å². The van der Waals surface area contributed by atoms with Crippen LogP contribution in [0.1, 0.15) is 54.4 Å². The van der Waals surface area contributed by atoms with Crippen LogP contribution in [-0.2, 0) is 16.0 Å². The first-order valence-electron chi connectivity index (χ1n) is 8.72. The predicted molar refractivity (Wildman–Crippen MR) is 94.4 cm³/mol. The van der Waals surface area contributed by atoms with Crippen molar-refractivity contribution in [1.82, 2.24) is 10.2 Å². The summed E-state index contributed by atoms with van der Waals surface area (Å²) in [5.41, 5.74) is 0.366. The summed E-state index contributed by atoms with van der Waals surface area (Å²) in [6.07, 6.45) is 4.40. The number of rotatable bonds is 6. The normalized spacial score (nSPS) is 16.1. The van der Waals surface area contributed by atoms with E-state index in [0.717, 1.165) is 24.8 Å². The van der Waals surface area contributed by atoms with Gasteiger partial charge in [0.1, 0.15) is 5.54 Å². The number of hydrogen-bond acceptors (Lipinski definition) is 3. The van der Waals surface area contributed by atoms with Crippen LogP contribution in [0.3, 0.4) is 0 Å². The number of hydrogen-bond donors (Lipinski definition) is 2. The topological polar surface area (TPSA) is 86.7 Å². The molecule has 1 aromatic carbocycles. The van der Waals surface area contributed by atoms with Crippen molar-refractivity contribution < 1.29 is 19.5 Å². The van der Waals surface area contributed by atoms with Gasteiger partial charge in [0.15, 0.2) is 0 Å². The molecule has 1 fully saturated rings. The van der Waals surface area contributed by atoms with Gasteiger partial charge in [-0.2, -0.15) is 0 Å². The summed E-state index contributed by atoms with van der Waals surface area (Å²) in [6, 6.07) is 7.14. The number of carbonyl (C=O) groups is 3. The molecular weight excluding hydrogens is 320 g/mol. The molecule has 2 amide bonds. The van der Waals surface area contributed by atoms with Crippen molar-refractivity contribution >= 4 is 17.8 Å². The molecule has 0 bridgehead atoms. The van der Waals surface area contributed by atoms with Crippen LogP contribution < -0.4 is 5.32 Å². The molecule has 1 aromatic rings. The maximum absolute atomic E-state index is 12.6. The number of benzene rings is 1. The minimum Gasteiger partial charge on any atom is -0.479 e. The quantitative estimate of drug-likeness (QED) is 0.827. The zero-order valence-corrected chi connectivity index (χ0v) is 14.9. The Morgan fingerprint density at radius 1 is 1.20 bits per heavy atom. The van der Waals surface area contributed by atoms with E-state index in [-0.39, 0.29) is 18.2 Å². The fourth-order valence-corrected chi connectivity index (χ4v) is 3.50. The van der Waals surface area contributed by atoms with Gasteiger partial charge in [0, 0.05) is 26.1 Å². The van der Waals surface area contributed by atoms with E-state index in [1.807, 2.05) is 6.07 Å². The molecule has 0 unspecified atom stereocenters. The van der Waals surface area contributed by atoms with Crippen molar-refractivity contribution in [2.45, 2.75) is 50.5 Å². The Balaban J connectivity index is 2.04. The van der Waals surface area contributed by atoms with Crippen molar-refractivity contribution in [3.05, 3.63) is 35.4 Å². The molecule has 0 aliphatic heterocycles. The summed E-state index contributed by atoms with van der Waals surface area (Å²) in [5, 5.41) is 12.3. The third-order valence-corrected chi connectivity index (χ3v) is 5.14. The number of aryl methyl sites for hydroxylation is 1. The number of carboxylic acids is 1. The molecule has 0 heterocycles. The van der Waals surface area contributed by atoms with Crippen LogP contribution in [0.5, 0.6) is 0 Å². The van der Waals surface area contributed by atoms with Gasteiger partial charge in [-0.3, -0.25) is 9.59 Å². The van der Waals surface area contributed by atoms with Crippen LogP contribution in [-0.4, -0.2) is 47.4 Å². The van der Waals surface area contributed by atoms with Crippen LogP contribution in [0.15, 0.2) is 24.3 Å². The van der Waals surface area contributed by atoms with Crippen molar-refractivity contribution in [3.63, 3.8) is 0 Å². The molecule has 0 spiro atoms. The zero-order valence-electron chi connectivity index (χ0n) is 14.9. The fraction of sp³-hybridized carbons (Fsp3) is 0.526. The summed E-state index contributed by atoms with van der Waals surface area (Å²) >= 11 is 0. The second-order valence-corrected chi connectivity index (χ2v) is 6.63. The Morgan fingerprint density at radius 3 is 2.48 bits per heavy atom. The molecule has 0 saturated heterocycles. The highest BCUT2D eigenvalue weighted by molar-refractivity contribution is 5.94. The first kappa shape index (κ1) is 19.0. The predicted octanol–water partition coefficient (Wildman–Crippen LogP) is 2.22. The third-order valence-electron chi connectivity index (χ3n) is 5.14. The average Bonchev–Trinajstić information content (AvgIpc) is 2.65. The molecule has 0 atom stereocenters. The average molecular weight is 346 g/mol. The van der Waals surface area contributed by atoms with E-state index in [2.05, 4.69) is 5.32 Å². The lowest BCUT2D eigenvalue weighted by Crippen LogP contribution is -2.56. The van der Waals surface area contributed by atoms with E-state index in [4.69, 9.17) is 0 Å². The van der Waals surface area contributed by atoms with Gasteiger partial charge in [-0.05, 0) is 37.0 Å². The zero-order chi connectivity index (χ0) is 18.4. The largest absolute Gasteiger partial charge is 0.479 e. The van der Waals surface area contributed by atoms with Gasteiger partial charge in [0.05, 0.1) is 0 Å². The van der Waals surface area contributed by atoms with Crippen molar-refractivity contribution in [3.8, 4) is 0 Å². The highest BCUT2D eigenvalue weighted by atomic mass is 16.4. The van der Waals surface area contributed by atoms with Gasteiger partial charge in [0.2, 0.25) is 5.91 Å². The van der Waals surface area contributed by atoms with E-state index >= 15 is 0 Å². The van der Waals surface area contributed by atoms with E-state index in [0.29, 0.717) is 24.8 Å². The molecule has 0 aromatic heterocycles. The highest BCUT2D eigenvalue weighted by Gasteiger charge is 2.45. The second-order valence-electron chi connectivity index (χ2n) is 6.63. The summed E-state index contributed by atoms with van der Waals surface area (Å²) in [6.45, 7) is 0. The number of amides is 2. The monoisotopic (exact) mass is 346 g/mol. The molecular formula is C19H26N2O4. The van der Waals surface area contributed by atoms with Crippen LogP contribution >= 0.6 is 0 Å². The lowest BCUT2D eigenvalue weighted by atomic mass is 9.80. The molecule has 2 rings (SSSR count). The molecule has 25 heavy (non-hydrogen) atoms. The minimum atomic E-state index is -1.07. The molecule has 0 radical (unpaired) electrons. The van der Waals surface area contributed by atoms with E-state index < -0.39 is 11.5 Å². The standard InChI is InChI=1S/C19H26N2O4/c1-20-17(23)15-8-6-7-14(13-15)9-10-16(22)21(2)19(18(24)25)11-4-3-5-12-19/h6-8,13H,3-5,9-12H2,1-2H3,(H,20,23)(H,24,25). The molecule has 1 aliphatic rings. The van der Waals surface area contributed by atoms with Gasteiger partial charge in [-0.25, -0.2) is 4.79 Å². The van der Waals surface area contributed by atoms with Gasteiger partial charge >= 0.3 is 5.97 Å². The van der Waals surface area contributed by atoms with Crippen LogP contribution in [0.4, 0.5) is 0 Å². The lowest BCUT2D eigenvalue weighted by molar-refractivity contribution is -0.160. The number of aliphatic carboxylic acids is 1. The van der Waals surface area contributed by atoms with Gasteiger partial charge in [0.25, 0.3) is 5.91 Å². The molecule has 1 saturated carbocycles. The number of nitrogens with zero attached hydrogens (tertiary/aromatic N) is 1. The molecule has 2 N–H and O–H groups in total. The van der Waals surface area contributed by atoms with E-state index in [9.17, 15) is 19.5 Å². The minimum absolute atomic E-state index is 0.169. The molecule has 6 nitrogen and oxygen atoms in total. The SMILES string of the molecule is CNC(=O)c1cccc(CCC(=O)N(C)C2(C(=O)O)CCCCC2)c1. The van der Waals surface area contributed by atoms with Crippen molar-refractivity contribution in [1.29, 1.82) is 0 Å². The van der Waals surface area contributed by atoms with Crippen molar-refractivity contribution in [2.24, 2.45) is 0 Å². The Bertz CT molecular complexity index is 651. The fourth-order valence-electron chi connectivity index (χ4n) is 3.50. The van der Waals surface area contributed by atoms with Crippen LogP contribution in [0.2, 0.25) is 0 Å². The molecule has 6 heteroatoms.